The van der Waals surface area contributed by atoms with Gasteiger partial charge in [0.05, 0.1) is 5.92 Å². The number of carboxylic acid groups (broad SMARTS) is 1. The number of aromatic nitrogens is 1. The fraction of sp³-hybridized carbons (Fsp3) is 0.500. The molecule has 1 aromatic rings. The van der Waals surface area contributed by atoms with E-state index in [1.165, 1.54) is 0 Å². The third kappa shape index (κ3) is 3.46. The molecule has 1 saturated carbocycles. The third-order valence-corrected chi connectivity index (χ3v) is 3.61. The molecule has 2 unspecified atom stereocenters. The van der Waals surface area contributed by atoms with Crippen LogP contribution in [0.5, 0.6) is 0 Å². The maximum absolute atomic E-state index is 11.2. The number of pyridine rings is 1. The quantitative estimate of drug-likeness (QED) is 0.774. The molecule has 0 saturated heterocycles. The molecule has 0 radical (unpaired) electrons. The lowest BCUT2D eigenvalue weighted by atomic mass is 9.86. The number of carboxylic acids is 1. The van der Waals surface area contributed by atoms with Gasteiger partial charge in [0, 0.05) is 17.3 Å². The van der Waals surface area contributed by atoms with E-state index in [0.29, 0.717) is 23.5 Å². The second kappa shape index (κ2) is 5.90. The number of rotatable bonds is 4. The van der Waals surface area contributed by atoms with Crippen molar-refractivity contribution in [3.63, 3.8) is 0 Å². The Kier molecular flexibility index (Phi) is 4.22. The first-order chi connectivity index (χ1) is 9.45. The van der Waals surface area contributed by atoms with Crippen LogP contribution in [0.15, 0.2) is 12.1 Å². The Labute approximate surface area is 117 Å². The molecule has 0 aromatic carbocycles. The summed E-state index contributed by atoms with van der Waals surface area (Å²) in [6.45, 7) is 1.79. The standard InChI is InChI=1S/C14H19N3O3/c1-8-5-10(13(15)18)7-12(16-8)17-11-4-2-3-9(6-11)14(19)20/h5,7,9,11H,2-4,6H2,1H3,(H2,15,18)(H,16,17)(H,19,20). The number of hydrogen-bond donors (Lipinski definition) is 3. The van der Waals surface area contributed by atoms with E-state index in [1.54, 1.807) is 19.1 Å². The summed E-state index contributed by atoms with van der Waals surface area (Å²) in [5.41, 5.74) is 6.39. The Morgan fingerprint density at radius 3 is 2.80 bits per heavy atom. The molecule has 2 rings (SSSR count). The van der Waals surface area contributed by atoms with E-state index in [-0.39, 0.29) is 12.0 Å². The zero-order valence-corrected chi connectivity index (χ0v) is 11.4. The highest BCUT2D eigenvalue weighted by molar-refractivity contribution is 5.93. The maximum atomic E-state index is 11.2. The number of nitrogens with two attached hydrogens (primary N) is 1. The van der Waals surface area contributed by atoms with Gasteiger partial charge < -0.3 is 16.2 Å². The van der Waals surface area contributed by atoms with Crippen LogP contribution in [0.25, 0.3) is 0 Å². The van der Waals surface area contributed by atoms with Gasteiger partial charge in [-0.3, -0.25) is 9.59 Å². The first-order valence-corrected chi connectivity index (χ1v) is 6.73. The summed E-state index contributed by atoms with van der Waals surface area (Å²) >= 11 is 0. The highest BCUT2D eigenvalue weighted by Crippen LogP contribution is 2.26. The normalized spacial score (nSPS) is 22.2. The van der Waals surface area contributed by atoms with Gasteiger partial charge in [-0.25, -0.2) is 4.98 Å². The van der Waals surface area contributed by atoms with Crippen molar-refractivity contribution in [2.45, 2.75) is 38.6 Å². The van der Waals surface area contributed by atoms with Crippen molar-refractivity contribution in [3.8, 4) is 0 Å². The van der Waals surface area contributed by atoms with E-state index in [9.17, 15) is 9.59 Å². The summed E-state index contributed by atoms with van der Waals surface area (Å²) in [6.07, 6.45) is 3.09. The molecular weight excluding hydrogens is 258 g/mol. The van der Waals surface area contributed by atoms with Gasteiger partial charge in [0.1, 0.15) is 5.82 Å². The second-order valence-electron chi connectivity index (χ2n) is 5.29. The first-order valence-electron chi connectivity index (χ1n) is 6.73. The molecule has 0 aliphatic heterocycles. The van der Waals surface area contributed by atoms with Crippen molar-refractivity contribution >= 4 is 17.7 Å². The smallest absolute Gasteiger partial charge is 0.306 e. The fourth-order valence-electron chi connectivity index (χ4n) is 2.64. The summed E-state index contributed by atoms with van der Waals surface area (Å²) in [6, 6.07) is 3.31. The lowest BCUT2D eigenvalue weighted by Gasteiger charge is -2.27. The minimum absolute atomic E-state index is 0.0693. The molecule has 108 valence electrons. The summed E-state index contributed by atoms with van der Waals surface area (Å²) in [5.74, 6) is -0.964. The zero-order valence-electron chi connectivity index (χ0n) is 11.4. The Hall–Kier alpha value is -2.11. The van der Waals surface area contributed by atoms with Crippen LogP contribution in [0.3, 0.4) is 0 Å². The van der Waals surface area contributed by atoms with Crippen molar-refractivity contribution in [2.24, 2.45) is 11.7 Å². The molecular formula is C14H19N3O3. The molecule has 0 spiro atoms. The molecule has 6 heteroatoms. The Morgan fingerprint density at radius 1 is 1.40 bits per heavy atom. The predicted molar refractivity (Wildman–Crippen MR) is 74.5 cm³/mol. The summed E-state index contributed by atoms with van der Waals surface area (Å²) in [5, 5.41) is 12.3. The lowest BCUT2D eigenvalue weighted by Crippen LogP contribution is -2.31. The van der Waals surface area contributed by atoms with E-state index in [0.717, 1.165) is 19.3 Å². The number of aliphatic carboxylic acids is 1. The van der Waals surface area contributed by atoms with Crippen molar-refractivity contribution in [3.05, 3.63) is 23.4 Å². The van der Waals surface area contributed by atoms with Crippen LogP contribution in [-0.4, -0.2) is 28.0 Å². The van der Waals surface area contributed by atoms with Crippen LogP contribution in [0.1, 0.15) is 41.7 Å². The van der Waals surface area contributed by atoms with Crippen molar-refractivity contribution in [1.29, 1.82) is 0 Å². The molecule has 4 N–H and O–H groups in total. The average molecular weight is 277 g/mol. The molecule has 6 nitrogen and oxygen atoms in total. The van der Waals surface area contributed by atoms with Crippen LogP contribution in [-0.2, 0) is 4.79 Å². The van der Waals surface area contributed by atoms with Gasteiger partial charge >= 0.3 is 5.97 Å². The van der Waals surface area contributed by atoms with Gasteiger partial charge in [0.15, 0.2) is 0 Å². The van der Waals surface area contributed by atoms with E-state index in [2.05, 4.69) is 10.3 Å². The van der Waals surface area contributed by atoms with Gasteiger partial charge in [0.25, 0.3) is 0 Å². The van der Waals surface area contributed by atoms with E-state index < -0.39 is 11.9 Å². The number of nitrogens with one attached hydrogen (secondary N) is 1. The number of aryl methyl sites for hydroxylation is 1. The maximum Gasteiger partial charge on any atom is 0.306 e. The topological polar surface area (TPSA) is 105 Å². The van der Waals surface area contributed by atoms with E-state index in [1.807, 2.05) is 0 Å². The van der Waals surface area contributed by atoms with Crippen LogP contribution in [0, 0.1) is 12.8 Å². The van der Waals surface area contributed by atoms with Gasteiger partial charge in [-0.2, -0.15) is 0 Å². The molecule has 1 heterocycles. The summed E-state index contributed by atoms with van der Waals surface area (Å²) < 4.78 is 0. The SMILES string of the molecule is Cc1cc(C(N)=O)cc(NC2CCCC(C(=O)O)C2)n1. The zero-order chi connectivity index (χ0) is 14.7. The largest absolute Gasteiger partial charge is 0.481 e. The number of anilines is 1. The predicted octanol–water partition coefficient (Wildman–Crippen LogP) is 1.54. The molecule has 1 aliphatic carbocycles. The molecule has 0 bridgehead atoms. The van der Waals surface area contributed by atoms with Crippen LogP contribution in [0.2, 0.25) is 0 Å². The average Bonchev–Trinajstić information content (AvgIpc) is 2.38. The van der Waals surface area contributed by atoms with E-state index >= 15 is 0 Å². The molecule has 1 fully saturated rings. The van der Waals surface area contributed by atoms with Crippen molar-refractivity contribution in [1.82, 2.24) is 4.98 Å². The fourth-order valence-corrected chi connectivity index (χ4v) is 2.64. The number of nitrogens with zero attached hydrogens (tertiary/aromatic N) is 1. The monoisotopic (exact) mass is 277 g/mol. The van der Waals surface area contributed by atoms with E-state index in [4.69, 9.17) is 10.8 Å². The number of amides is 1. The van der Waals surface area contributed by atoms with Crippen LogP contribution >= 0.6 is 0 Å². The summed E-state index contributed by atoms with van der Waals surface area (Å²) in [4.78, 5) is 26.6. The third-order valence-electron chi connectivity index (χ3n) is 3.61. The molecule has 1 aliphatic rings. The Balaban J connectivity index is 2.09. The Morgan fingerprint density at radius 2 is 2.15 bits per heavy atom. The number of primary amides is 1. The number of carbonyl (C=O) groups is 2. The summed E-state index contributed by atoms with van der Waals surface area (Å²) in [7, 11) is 0. The van der Waals surface area contributed by atoms with Crippen LogP contribution < -0.4 is 11.1 Å². The number of hydrogen-bond acceptors (Lipinski definition) is 4. The molecule has 1 aromatic heterocycles. The van der Waals surface area contributed by atoms with Gasteiger partial charge in [-0.1, -0.05) is 6.42 Å². The van der Waals surface area contributed by atoms with Crippen molar-refractivity contribution in [2.75, 3.05) is 5.32 Å². The minimum Gasteiger partial charge on any atom is -0.481 e. The highest BCUT2D eigenvalue weighted by atomic mass is 16.4. The Bertz CT molecular complexity index is 530. The molecule has 1 amide bonds. The van der Waals surface area contributed by atoms with Crippen LogP contribution in [0.4, 0.5) is 5.82 Å². The van der Waals surface area contributed by atoms with Crippen molar-refractivity contribution < 1.29 is 14.7 Å². The lowest BCUT2D eigenvalue weighted by molar-refractivity contribution is -0.142. The molecule has 2 atom stereocenters. The molecule has 20 heavy (non-hydrogen) atoms. The van der Waals surface area contributed by atoms with Gasteiger partial charge in [-0.05, 0) is 38.3 Å². The minimum atomic E-state index is -0.744. The number of carbonyl (C=O) groups excluding carboxylic acids is 1. The first kappa shape index (κ1) is 14.3. The second-order valence-corrected chi connectivity index (χ2v) is 5.29. The van der Waals surface area contributed by atoms with Gasteiger partial charge in [0.2, 0.25) is 5.91 Å². The highest BCUT2D eigenvalue weighted by Gasteiger charge is 2.27. The van der Waals surface area contributed by atoms with Gasteiger partial charge in [-0.15, -0.1) is 0 Å².